The molecule has 0 radical (unpaired) electrons. The Kier molecular flexibility index (Phi) is 6.98. The highest BCUT2D eigenvalue weighted by Crippen LogP contribution is 2.51. The van der Waals surface area contributed by atoms with Crippen LogP contribution in [0.4, 0.5) is 0 Å². The number of nitrogens with zero attached hydrogens (tertiary/aromatic N) is 3. The first-order valence-electron chi connectivity index (χ1n) is 12.3. The lowest BCUT2D eigenvalue weighted by Crippen LogP contribution is -2.70. The van der Waals surface area contributed by atoms with Crippen molar-refractivity contribution >= 4 is 35.5 Å². The monoisotopic (exact) mass is 552 g/mol. The Hall–Kier alpha value is -4.06. The van der Waals surface area contributed by atoms with Crippen molar-refractivity contribution in [2.45, 2.75) is 49.4 Å². The van der Waals surface area contributed by atoms with E-state index in [0.29, 0.717) is 29.0 Å². The van der Waals surface area contributed by atoms with Gasteiger partial charge in [0, 0.05) is 30.0 Å². The van der Waals surface area contributed by atoms with Crippen LogP contribution in [0.3, 0.4) is 0 Å². The van der Waals surface area contributed by atoms with Gasteiger partial charge in [0.05, 0.1) is 5.57 Å². The van der Waals surface area contributed by atoms with E-state index >= 15 is 0 Å². The molecule has 5 rings (SSSR count). The third kappa shape index (κ3) is 4.91. The van der Waals surface area contributed by atoms with Crippen molar-refractivity contribution in [2.75, 3.05) is 13.8 Å². The van der Waals surface area contributed by atoms with E-state index in [-0.39, 0.29) is 5.56 Å². The van der Waals surface area contributed by atoms with Crippen LogP contribution < -0.4 is 5.32 Å². The number of hydrogen-bond acceptors (Lipinski definition) is 10. The second-order valence-electron chi connectivity index (χ2n) is 9.96. The summed E-state index contributed by atoms with van der Waals surface area (Å²) in [6, 6.07) is 7.39. The molecule has 2 amide bonds. The van der Waals surface area contributed by atoms with E-state index in [1.54, 1.807) is 25.1 Å². The summed E-state index contributed by atoms with van der Waals surface area (Å²) in [6.45, 7) is 4.72. The molecule has 0 aliphatic carbocycles. The van der Waals surface area contributed by atoms with Gasteiger partial charge >= 0.3 is 11.9 Å². The minimum Gasteiger partial charge on any atom is -0.426 e. The minimum atomic E-state index is -0.910. The zero-order chi connectivity index (χ0) is 27.9. The number of rotatable bonds is 7. The molecule has 0 bridgehead atoms. The number of thioether (sulfide) groups is 1. The Morgan fingerprint density at radius 3 is 2.67 bits per heavy atom. The zero-order valence-electron chi connectivity index (χ0n) is 21.9. The smallest absolute Gasteiger partial charge is 0.338 e. The number of allylic oxidation sites excluding steroid dienone is 1. The van der Waals surface area contributed by atoms with Gasteiger partial charge in [0.1, 0.15) is 34.5 Å². The fourth-order valence-corrected chi connectivity index (χ4v) is 6.53. The molecule has 3 aliphatic heterocycles. The van der Waals surface area contributed by atoms with E-state index in [1.165, 1.54) is 16.7 Å². The molecule has 1 aromatic carbocycles. The molecule has 4 heterocycles. The van der Waals surface area contributed by atoms with Crippen LogP contribution in [0.1, 0.15) is 36.4 Å². The SMILES string of the molecule is Cc1onc(-c2ccccc2)c1C(=O)NC1C(=O)N2C1SC(C)(C)[C@@H]2C(=O)OCOC(=O)C1=CN(C)C=CC1. The highest BCUT2D eigenvalue weighted by atomic mass is 32.2. The van der Waals surface area contributed by atoms with Crippen molar-refractivity contribution in [3.05, 3.63) is 65.7 Å². The second kappa shape index (κ2) is 10.3. The molecule has 0 spiro atoms. The summed E-state index contributed by atoms with van der Waals surface area (Å²) in [4.78, 5) is 54.8. The normalized spacial score (nSPS) is 23.0. The van der Waals surface area contributed by atoms with Crippen LogP contribution in [0.25, 0.3) is 11.3 Å². The average molecular weight is 553 g/mol. The van der Waals surface area contributed by atoms with Gasteiger partial charge in [-0.05, 0) is 27.0 Å². The molecule has 3 aliphatic rings. The van der Waals surface area contributed by atoms with Crippen molar-refractivity contribution in [1.82, 2.24) is 20.3 Å². The van der Waals surface area contributed by atoms with E-state index in [4.69, 9.17) is 14.0 Å². The predicted octanol–water partition coefficient (Wildman–Crippen LogP) is 2.59. The Labute approximate surface area is 229 Å². The van der Waals surface area contributed by atoms with E-state index < -0.39 is 52.8 Å². The number of fused-ring (bicyclic) bond motifs is 1. The maximum absolute atomic E-state index is 13.2. The fraction of sp³-hybridized carbons (Fsp3) is 0.370. The number of carbonyl (C=O) groups is 4. The fourth-order valence-electron chi connectivity index (χ4n) is 4.91. The molecular formula is C27H28N4O7S. The highest BCUT2D eigenvalue weighted by molar-refractivity contribution is 8.01. The molecular weight excluding hydrogens is 524 g/mol. The highest BCUT2D eigenvalue weighted by Gasteiger charge is 2.64. The van der Waals surface area contributed by atoms with Crippen LogP contribution in [0.5, 0.6) is 0 Å². The summed E-state index contributed by atoms with van der Waals surface area (Å²) in [5.41, 5.74) is 1.78. The van der Waals surface area contributed by atoms with Crippen LogP contribution in [0.15, 0.2) is 58.9 Å². The first-order chi connectivity index (χ1) is 18.6. The quantitative estimate of drug-likeness (QED) is 0.311. The Morgan fingerprint density at radius 2 is 1.95 bits per heavy atom. The first kappa shape index (κ1) is 26.5. The topological polar surface area (TPSA) is 131 Å². The number of β-lactam (4-membered cyclic amide) rings is 1. The van der Waals surface area contributed by atoms with Crippen molar-refractivity contribution < 1.29 is 33.2 Å². The molecule has 2 fully saturated rings. The molecule has 204 valence electrons. The molecule has 2 aromatic rings. The van der Waals surface area contributed by atoms with Gasteiger partial charge in [-0.25, -0.2) is 9.59 Å². The summed E-state index contributed by atoms with van der Waals surface area (Å²) in [5, 5.41) is 6.37. The number of ether oxygens (including phenoxy) is 2. The molecule has 0 saturated carbocycles. The van der Waals surface area contributed by atoms with Crippen molar-refractivity contribution in [3.8, 4) is 11.3 Å². The number of amides is 2. The largest absolute Gasteiger partial charge is 0.426 e. The van der Waals surface area contributed by atoms with Crippen LogP contribution in [0.2, 0.25) is 0 Å². The molecule has 39 heavy (non-hydrogen) atoms. The lowest BCUT2D eigenvalue weighted by molar-refractivity contribution is -0.175. The summed E-state index contributed by atoms with van der Waals surface area (Å²) >= 11 is 1.39. The standard InChI is InChI=1S/C27H28N4O7S/c1-15-18(19(29-38-15)16-9-6-5-7-10-16)22(32)28-20-23(33)31-21(27(2,3)39-24(20)31)26(35)37-14-36-25(34)17-11-8-12-30(4)13-17/h5-10,12-13,20-21,24H,11,14H2,1-4H3,(H,28,32)/t20?,21-,24?/m0/s1. The van der Waals surface area contributed by atoms with Gasteiger partial charge < -0.3 is 29.1 Å². The number of benzene rings is 1. The van der Waals surface area contributed by atoms with E-state index in [1.807, 2.05) is 56.5 Å². The van der Waals surface area contributed by atoms with Crippen LogP contribution >= 0.6 is 11.8 Å². The second-order valence-corrected chi connectivity index (χ2v) is 11.7. The van der Waals surface area contributed by atoms with Crippen molar-refractivity contribution in [1.29, 1.82) is 0 Å². The molecule has 1 aromatic heterocycles. The molecule has 2 saturated heterocycles. The van der Waals surface area contributed by atoms with E-state index in [2.05, 4.69) is 10.5 Å². The summed E-state index contributed by atoms with van der Waals surface area (Å²) in [7, 11) is 1.79. The number of esters is 2. The molecule has 2 unspecified atom stereocenters. The molecule has 1 N–H and O–H groups in total. The van der Waals surface area contributed by atoms with Gasteiger partial charge in [-0.15, -0.1) is 11.8 Å². The average Bonchev–Trinajstić information content (AvgIpc) is 3.42. The number of nitrogens with one attached hydrogen (secondary N) is 1. The summed E-state index contributed by atoms with van der Waals surface area (Å²) < 4.78 is 14.9. The summed E-state index contributed by atoms with van der Waals surface area (Å²) in [5.74, 6) is -1.82. The maximum Gasteiger partial charge on any atom is 0.338 e. The third-order valence-corrected chi connectivity index (χ3v) is 8.35. The summed E-state index contributed by atoms with van der Waals surface area (Å²) in [6.07, 6.45) is 5.70. The zero-order valence-corrected chi connectivity index (χ0v) is 22.7. The Bertz CT molecular complexity index is 1380. The van der Waals surface area contributed by atoms with Crippen molar-refractivity contribution in [2.24, 2.45) is 0 Å². The van der Waals surface area contributed by atoms with Crippen LogP contribution in [-0.4, -0.2) is 74.8 Å². The maximum atomic E-state index is 13.2. The minimum absolute atomic E-state index is 0.252. The number of aryl methyl sites for hydroxylation is 1. The predicted molar refractivity (Wildman–Crippen MR) is 141 cm³/mol. The molecule has 12 heteroatoms. The van der Waals surface area contributed by atoms with Crippen LogP contribution in [-0.2, 0) is 23.9 Å². The van der Waals surface area contributed by atoms with Gasteiger partial charge in [-0.3, -0.25) is 9.59 Å². The number of hydrogen-bond donors (Lipinski definition) is 1. The van der Waals surface area contributed by atoms with Gasteiger partial charge in [0.15, 0.2) is 0 Å². The number of aromatic nitrogens is 1. The van der Waals surface area contributed by atoms with Gasteiger partial charge in [0.25, 0.3) is 5.91 Å². The lowest BCUT2D eigenvalue weighted by Gasteiger charge is -2.43. The Morgan fingerprint density at radius 1 is 1.21 bits per heavy atom. The number of carbonyl (C=O) groups excluding carboxylic acids is 4. The lowest BCUT2D eigenvalue weighted by atomic mass is 9.95. The van der Waals surface area contributed by atoms with Crippen molar-refractivity contribution in [3.63, 3.8) is 0 Å². The molecule has 11 nitrogen and oxygen atoms in total. The van der Waals surface area contributed by atoms with Gasteiger partial charge in [-0.1, -0.05) is 41.6 Å². The van der Waals surface area contributed by atoms with E-state index in [0.717, 1.165) is 0 Å². The van der Waals surface area contributed by atoms with E-state index in [9.17, 15) is 19.2 Å². The van der Waals surface area contributed by atoms with Crippen LogP contribution in [0, 0.1) is 6.92 Å². The van der Waals surface area contributed by atoms with Gasteiger partial charge in [-0.2, -0.15) is 0 Å². The third-order valence-electron chi connectivity index (χ3n) is 6.78. The molecule has 3 atom stereocenters. The Balaban J connectivity index is 1.22. The van der Waals surface area contributed by atoms with Gasteiger partial charge in [0.2, 0.25) is 12.7 Å². The first-order valence-corrected chi connectivity index (χ1v) is 13.2.